The summed E-state index contributed by atoms with van der Waals surface area (Å²) in [6.07, 6.45) is 1.18. The van der Waals surface area contributed by atoms with Gasteiger partial charge in [0.1, 0.15) is 5.82 Å². The van der Waals surface area contributed by atoms with Crippen molar-refractivity contribution in [3.63, 3.8) is 0 Å². The van der Waals surface area contributed by atoms with Crippen molar-refractivity contribution in [1.29, 1.82) is 0 Å². The molecule has 0 saturated carbocycles. The van der Waals surface area contributed by atoms with Crippen molar-refractivity contribution in [3.05, 3.63) is 66.0 Å². The fraction of sp³-hybridized carbons (Fsp3) is 0.333. The number of carbonyl (C=O) groups excluding carboxylic acids is 2. The van der Waals surface area contributed by atoms with Crippen LogP contribution in [0, 0.1) is 11.7 Å². The zero-order valence-electron chi connectivity index (χ0n) is 15.4. The van der Waals surface area contributed by atoms with Gasteiger partial charge < -0.3 is 15.1 Å². The second-order valence-electron chi connectivity index (χ2n) is 6.95. The number of para-hydroxylation sites is 1. The molecule has 3 rings (SSSR count). The van der Waals surface area contributed by atoms with E-state index in [0.29, 0.717) is 26.1 Å². The molecular weight excluding hydrogens is 345 g/mol. The maximum absolute atomic E-state index is 13.7. The van der Waals surface area contributed by atoms with Crippen LogP contribution in [0.3, 0.4) is 0 Å². The molecule has 1 aliphatic heterocycles. The van der Waals surface area contributed by atoms with E-state index < -0.39 is 5.82 Å². The van der Waals surface area contributed by atoms with Gasteiger partial charge in [-0.1, -0.05) is 42.5 Å². The molecule has 0 radical (unpaired) electrons. The monoisotopic (exact) mass is 369 g/mol. The fourth-order valence-electron chi connectivity index (χ4n) is 3.29. The molecule has 6 heteroatoms. The molecule has 1 atom stereocenters. The quantitative estimate of drug-likeness (QED) is 0.873. The van der Waals surface area contributed by atoms with E-state index in [4.69, 9.17) is 0 Å². The van der Waals surface area contributed by atoms with Crippen LogP contribution >= 0.6 is 0 Å². The van der Waals surface area contributed by atoms with Gasteiger partial charge in [-0.2, -0.15) is 0 Å². The second kappa shape index (κ2) is 8.66. The molecule has 1 fully saturated rings. The molecule has 1 N–H and O–H groups in total. The summed E-state index contributed by atoms with van der Waals surface area (Å²) in [5.74, 6) is -0.262. The highest BCUT2D eigenvalue weighted by Gasteiger charge is 2.29. The Bertz CT molecular complexity index is 797. The molecular formula is C21H24FN3O2. The second-order valence-corrected chi connectivity index (χ2v) is 6.95. The van der Waals surface area contributed by atoms with Crippen LogP contribution in [0.2, 0.25) is 0 Å². The molecule has 1 saturated heterocycles. The van der Waals surface area contributed by atoms with Crippen LogP contribution in [0.1, 0.15) is 18.4 Å². The van der Waals surface area contributed by atoms with Crippen molar-refractivity contribution < 1.29 is 14.0 Å². The molecule has 0 spiro atoms. The lowest BCUT2D eigenvalue weighted by atomic mass is 10.0. The first-order valence-electron chi connectivity index (χ1n) is 9.11. The Morgan fingerprint density at radius 2 is 1.85 bits per heavy atom. The van der Waals surface area contributed by atoms with Crippen molar-refractivity contribution >= 4 is 17.6 Å². The molecule has 2 aromatic carbocycles. The average molecular weight is 369 g/mol. The lowest BCUT2D eigenvalue weighted by molar-refractivity contribution is -0.131. The molecule has 0 bridgehead atoms. The zero-order valence-corrected chi connectivity index (χ0v) is 15.4. The number of nitrogens with zero attached hydrogens (tertiary/aromatic N) is 2. The molecule has 5 nitrogen and oxygen atoms in total. The number of hydrogen-bond acceptors (Lipinski definition) is 2. The summed E-state index contributed by atoms with van der Waals surface area (Å²) in [6, 6.07) is 15.6. The number of likely N-dealkylation sites (tertiary alicyclic amines) is 1. The normalized spacial score (nSPS) is 16.2. The topological polar surface area (TPSA) is 52.7 Å². The standard InChI is InChI=1S/C21H24FN3O2/c1-24(14-16-7-3-2-4-8-16)20(26)13-17-11-12-25(15-17)21(27)23-19-10-6-5-9-18(19)22/h2-10,17H,11-15H2,1H3,(H,23,27). The van der Waals surface area contributed by atoms with Gasteiger partial charge in [-0.3, -0.25) is 4.79 Å². The summed E-state index contributed by atoms with van der Waals surface area (Å²) in [6.45, 7) is 1.65. The number of nitrogens with one attached hydrogen (secondary N) is 1. The first kappa shape index (κ1) is 18.9. The minimum Gasteiger partial charge on any atom is -0.341 e. The summed E-state index contributed by atoms with van der Waals surface area (Å²) < 4.78 is 13.7. The SMILES string of the molecule is CN(Cc1ccccc1)C(=O)CC1CCN(C(=O)Nc2ccccc2F)C1. The highest BCUT2D eigenvalue weighted by atomic mass is 19.1. The van der Waals surface area contributed by atoms with Gasteiger partial charge in [0.25, 0.3) is 0 Å². The predicted molar refractivity (Wildman–Crippen MR) is 103 cm³/mol. The van der Waals surface area contributed by atoms with Crippen LogP contribution in [-0.4, -0.2) is 41.9 Å². The minimum atomic E-state index is -0.459. The van der Waals surface area contributed by atoms with Crippen LogP contribution in [0.15, 0.2) is 54.6 Å². The van der Waals surface area contributed by atoms with E-state index in [9.17, 15) is 14.0 Å². The number of carbonyl (C=O) groups is 2. The Balaban J connectivity index is 1.48. The van der Waals surface area contributed by atoms with E-state index in [-0.39, 0.29) is 23.5 Å². The summed E-state index contributed by atoms with van der Waals surface area (Å²) in [5, 5.41) is 2.60. The van der Waals surface area contributed by atoms with E-state index >= 15 is 0 Å². The summed E-state index contributed by atoms with van der Waals surface area (Å²) >= 11 is 0. The van der Waals surface area contributed by atoms with Crippen molar-refractivity contribution in [1.82, 2.24) is 9.80 Å². The third kappa shape index (κ3) is 5.06. The molecule has 1 aliphatic rings. The Kier molecular flexibility index (Phi) is 6.06. The molecule has 3 amide bonds. The van der Waals surface area contributed by atoms with Crippen LogP contribution in [0.25, 0.3) is 0 Å². The van der Waals surface area contributed by atoms with Gasteiger partial charge in [-0.15, -0.1) is 0 Å². The Morgan fingerprint density at radius 1 is 1.15 bits per heavy atom. The lowest BCUT2D eigenvalue weighted by Gasteiger charge is -2.20. The number of halogens is 1. The number of rotatable bonds is 5. The predicted octanol–water partition coefficient (Wildman–Crippen LogP) is 3.73. The van der Waals surface area contributed by atoms with Crippen molar-refractivity contribution in [3.8, 4) is 0 Å². The van der Waals surface area contributed by atoms with Gasteiger partial charge in [-0.25, -0.2) is 9.18 Å². The smallest absolute Gasteiger partial charge is 0.321 e. The maximum Gasteiger partial charge on any atom is 0.321 e. The Labute approximate surface area is 158 Å². The van der Waals surface area contributed by atoms with Gasteiger partial charge in [0, 0.05) is 33.1 Å². The Hall–Kier alpha value is -2.89. The largest absolute Gasteiger partial charge is 0.341 e. The van der Waals surface area contributed by atoms with Gasteiger partial charge in [0.05, 0.1) is 5.69 Å². The Morgan fingerprint density at radius 3 is 2.59 bits per heavy atom. The summed E-state index contributed by atoms with van der Waals surface area (Å²) in [5.41, 5.74) is 1.26. The van der Waals surface area contributed by atoms with Gasteiger partial charge in [-0.05, 0) is 30.0 Å². The van der Waals surface area contributed by atoms with E-state index in [1.165, 1.54) is 12.1 Å². The zero-order chi connectivity index (χ0) is 19.2. The highest BCUT2D eigenvalue weighted by molar-refractivity contribution is 5.89. The van der Waals surface area contributed by atoms with Crippen LogP contribution in [0.5, 0.6) is 0 Å². The first-order chi connectivity index (χ1) is 13.0. The van der Waals surface area contributed by atoms with Crippen molar-refractivity contribution in [2.24, 2.45) is 5.92 Å². The summed E-state index contributed by atoms with van der Waals surface area (Å²) in [7, 11) is 1.80. The molecule has 0 aromatic heterocycles. The molecule has 0 aliphatic carbocycles. The third-order valence-electron chi connectivity index (χ3n) is 4.84. The van der Waals surface area contributed by atoms with Gasteiger partial charge >= 0.3 is 6.03 Å². The number of hydrogen-bond donors (Lipinski definition) is 1. The number of benzene rings is 2. The maximum atomic E-state index is 13.7. The van der Waals surface area contributed by atoms with Crippen LogP contribution in [0.4, 0.5) is 14.9 Å². The van der Waals surface area contributed by atoms with Gasteiger partial charge in [0.15, 0.2) is 0 Å². The highest BCUT2D eigenvalue weighted by Crippen LogP contribution is 2.22. The number of urea groups is 1. The molecule has 27 heavy (non-hydrogen) atoms. The van der Waals surface area contributed by atoms with Crippen molar-refractivity contribution in [2.45, 2.75) is 19.4 Å². The van der Waals surface area contributed by atoms with Crippen LogP contribution < -0.4 is 5.32 Å². The van der Waals surface area contributed by atoms with Crippen LogP contribution in [-0.2, 0) is 11.3 Å². The minimum absolute atomic E-state index is 0.0696. The number of amides is 3. The molecule has 1 unspecified atom stereocenters. The fourth-order valence-corrected chi connectivity index (χ4v) is 3.29. The van der Waals surface area contributed by atoms with E-state index in [2.05, 4.69) is 5.32 Å². The lowest BCUT2D eigenvalue weighted by Crippen LogP contribution is -2.34. The van der Waals surface area contributed by atoms with Gasteiger partial charge in [0.2, 0.25) is 5.91 Å². The van der Waals surface area contributed by atoms with E-state index in [1.54, 1.807) is 29.0 Å². The molecule has 2 aromatic rings. The van der Waals surface area contributed by atoms with E-state index in [0.717, 1.165) is 12.0 Å². The molecule has 1 heterocycles. The third-order valence-corrected chi connectivity index (χ3v) is 4.84. The van der Waals surface area contributed by atoms with E-state index in [1.807, 2.05) is 30.3 Å². The molecule has 142 valence electrons. The summed E-state index contributed by atoms with van der Waals surface area (Å²) in [4.78, 5) is 28.2. The first-order valence-corrected chi connectivity index (χ1v) is 9.11. The average Bonchev–Trinajstić information content (AvgIpc) is 3.13. The van der Waals surface area contributed by atoms with Crippen molar-refractivity contribution in [2.75, 3.05) is 25.5 Å². The number of anilines is 1.